The van der Waals surface area contributed by atoms with Crippen molar-refractivity contribution in [1.29, 1.82) is 0 Å². The van der Waals surface area contributed by atoms with Gasteiger partial charge < -0.3 is 4.74 Å². The van der Waals surface area contributed by atoms with E-state index in [4.69, 9.17) is 0 Å². The number of benzene rings is 2. The molecule has 1 aliphatic rings. The molecule has 1 heterocycles. The molecule has 0 bridgehead atoms. The highest BCUT2D eigenvalue weighted by Crippen LogP contribution is 2.29. The van der Waals surface area contributed by atoms with Crippen molar-refractivity contribution in [2.24, 2.45) is 11.8 Å². The predicted octanol–water partition coefficient (Wildman–Crippen LogP) is 3.47. The SMILES string of the molecule is COC(=O)/C=C/C=C/C(=O)C1CN(Cc2ccccc2)CC1C(=O)c1ccccc1. The van der Waals surface area contributed by atoms with E-state index < -0.39 is 17.8 Å². The summed E-state index contributed by atoms with van der Waals surface area (Å²) < 4.78 is 4.53. The second-order valence-corrected chi connectivity index (χ2v) is 7.27. The maximum absolute atomic E-state index is 13.1. The van der Waals surface area contributed by atoms with Crippen LogP contribution >= 0.6 is 0 Å². The minimum atomic E-state index is -0.487. The first-order valence-corrected chi connectivity index (χ1v) is 9.90. The predicted molar refractivity (Wildman–Crippen MR) is 115 cm³/mol. The van der Waals surface area contributed by atoms with Crippen LogP contribution in [0, 0.1) is 11.8 Å². The molecule has 2 unspecified atom stereocenters. The van der Waals surface area contributed by atoms with Gasteiger partial charge in [0.2, 0.25) is 0 Å². The summed E-state index contributed by atoms with van der Waals surface area (Å²) in [6.45, 7) is 1.74. The molecule has 154 valence electrons. The molecule has 0 amide bonds. The number of likely N-dealkylation sites (tertiary alicyclic amines) is 1. The van der Waals surface area contributed by atoms with E-state index in [9.17, 15) is 14.4 Å². The number of ketones is 2. The highest BCUT2D eigenvalue weighted by molar-refractivity contribution is 6.03. The lowest BCUT2D eigenvalue weighted by molar-refractivity contribution is -0.134. The minimum absolute atomic E-state index is 0.0111. The first-order valence-electron chi connectivity index (χ1n) is 9.90. The molecule has 0 aromatic heterocycles. The average molecular weight is 403 g/mol. The number of nitrogens with zero attached hydrogens (tertiary/aromatic N) is 1. The van der Waals surface area contributed by atoms with Crippen molar-refractivity contribution in [3.8, 4) is 0 Å². The van der Waals surface area contributed by atoms with Gasteiger partial charge in [0.05, 0.1) is 7.11 Å². The molecule has 0 N–H and O–H groups in total. The second-order valence-electron chi connectivity index (χ2n) is 7.27. The van der Waals surface area contributed by atoms with Gasteiger partial charge in [0, 0.05) is 43.1 Å². The number of hydrogen-bond acceptors (Lipinski definition) is 5. The third kappa shape index (κ3) is 5.61. The monoisotopic (exact) mass is 403 g/mol. The number of carbonyl (C=O) groups excluding carboxylic acids is 3. The normalized spacial score (nSPS) is 19.4. The fraction of sp³-hybridized carbons (Fsp3) is 0.240. The number of hydrogen-bond donors (Lipinski definition) is 0. The molecule has 2 aromatic carbocycles. The van der Waals surface area contributed by atoms with Crippen LogP contribution < -0.4 is 0 Å². The molecule has 2 aromatic rings. The van der Waals surface area contributed by atoms with Crippen molar-refractivity contribution in [2.45, 2.75) is 6.54 Å². The van der Waals surface area contributed by atoms with E-state index in [0.717, 1.165) is 5.56 Å². The Morgan fingerprint density at radius 3 is 2.17 bits per heavy atom. The lowest BCUT2D eigenvalue weighted by Gasteiger charge is -2.15. The first-order chi connectivity index (χ1) is 14.6. The van der Waals surface area contributed by atoms with Gasteiger partial charge in [-0.05, 0) is 11.6 Å². The summed E-state index contributed by atoms with van der Waals surface area (Å²) in [4.78, 5) is 39.3. The van der Waals surface area contributed by atoms with E-state index in [1.807, 2.05) is 48.5 Å². The molecule has 5 nitrogen and oxygen atoms in total. The third-order valence-electron chi connectivity index (χ3n) is 5.21. The summed E-state index contributed by atoms with van der Waals surface area (Å²) in [7, 11) is 1.29. The van der Waals surface area contributed by atoms with Crippen molar-refractivity contribution >= 4 is 17.5 Å². The zero-order valence-corrected chi connectivity index (χ0v) is 16.9. The zero-order valence-electron chi connectivity index (χ0n) is 16.9. The van der Waals surface area contributed by atoms with Crippen LogP contribution in [0.2, 0.25) is 0 Å². The maximum Gasteiger partial charge on any atom is 0.330 e. The van der Waals surface area contributed by atoms with E-state index >= 15 is 0 Å². The van der Waals surface area contributed by atoms with Crippen LogP contribution in [0.25, 0.3) is 0 Å². The Morgan fingerprint density at radius 2 is 1.50 bits per heavy atom. The summed E-state index contributed by atoms with van der Waals surface area (Å²) in [5.74, 6) is -1.45. The number of esters is 1. The van der Waals surface area contributed by atoms with Gasteiger partial charge in [0.1, 0.15) is 0 Å². The Morgan fingerprint density at radius 1 is 0.900 bits per heavy atom. The van der Waals surface area contributed by atoms with Crippen LogP contribution in [-0.4, -0.2) is 42.6 Å². The molecule has 3 rings (SSSR count). The van der Waals surface area contributed by atoms with E-state index in [2.05, 4.69) is 9.64 Å². The fourth-order valence-electron chi connectivity index (χ4n) is 3.70. The number of ether oxygens (including phenoxy) is 1. The Hall–Kier alpha value is -3.31. The van der Waals surface area contributed by atoms with E-state index in [1.165, 1.54) is 31.4 Å². The Bertz CT molecular complexity index is 934. The standard InChI is InChI=1S/C25H25NO4/c1-30-24(28)15-9-8-14-23(27)21-17-26(16-19-10-4-2-5-11-19)18-22(21)25(29)20-12-6-3-7-13-20/h2-15,21-22H,16-18H2,1H3/b14-8+,15-9+. The van der Waals surface area contributed by atoms with Crippen LogP contribution in [0.1, 0.15) is 15.9 Å². The van der Waals surface area contributed by atoms with Crippen LogP contribution in [-0.2, 0) is 20.9 Å². The van der Waals surface area contributed by atoms with Crippen LogP contribution in [0.15, 0.2) is 85.0 Å². The first kappa shape index (κ1) is 21.4. The maximum atomic E-state index is 13.1. The average Bonchev–Trinajstić information content (AvgIpc) is 3.21. The molecule has 0 radical (unpaired) electrons. The second kappa shape index (κ2) is 10.5. The summed E-state index contributed by atoms with van der Waals surface area (Å²) >= 11 is 0. The highest BCUT2D eigenvalue weighted by Gasteiger charge is 2.40. The van der Waals surface area contributed by atoms with Crippen LogP contribution in [0.3, 0.4) is 0 Å². The lowest BCUT2D eigenvalue weighted by Crippen LogP contribution is -2.27. The molecule has 1 saturated heterocycles. The van der Waals surface area contributed by atoms with Crippen molar-refractivity contribution < 1.29 is 19.1 Å². The Kier molecular flexibility index (Phi) is 7.46. The Balaban J connectivity index is 1.76. The fourth-order valence-corrected chi connectivity index (χ4v) is 3.70. The summed E-state index contributed by atoms with van der Waals surface area (Å²) in [6.07, 6.45) is 5.66. The number of methoxy groups -OCH3 is 1. The Labute approximate surface area is 176 Å². The van der Waals surface area contributed by atoms with Gasteiger partial charge in [0.15, 0.2) is 11.6 Å². The number of Topliss-reactive ketones (excluding diaryl/α,β-unsaturated/α-hetero) is 1. The largest absolute Gasteiger partial charge is 0.466 e. The molecule has 0 saturated carbocycles. The van der Waals surface area contributed by atoms with Crippen molar-refractivity contribution in [2.75, 3.05) is 20.2 Å². The van der Waals surface area contributed by atoms with Gasteiger partial charge in [-0.3, -0.25) is 14.5 Å². The summed E-state index contributed by atoms with van der Waals surface area (Å²) in [6, 6.07) is 19.1. The van der Waals surface area contributed by atoms with E-state index in [-0.39, 0.29) is 11.6 Å². The summed E-state index contributed by atoms with van der Waals surface area (Å²) in [5, 5.41) is 0. The number of allylic oxidation sites excluding steroid dienone is 3. The molecular weight excluding hydrogens is 378 g/mol. The molecule has 1 aliphatic heterocycles. The van der Waals surface area contributed by atoms with Crippen molar-refractivity contribution in [3.05, 3.63) is 96.1 Å². The highest BCUT2D eigenvalue weighted by atomic mass is 16.5. The topological polar surface area (TPSA) is 63.7 Å². The van der Waals surface area contributed by atoms with Gasteiger partial charge in [-0.25, -0.2) is 4.79 Å². The van der Waals surface area contributed by atoms with Gasteiger partial charge in [-0.1, -0.05) is 72.8 Å². The van der Waals surface area contributed by atoms with Crippen molar-refractivity contribution in [3.63, 3.8) is 0 Å². The van der Waals surface area contributed by atoms with Crippen LogP contribution in [0.5, 0.6) is 0 Å². The van der Waals surface area contributed by atoms with Crippen molar-refractivity contribution in [1.82, 2.24) is 4.90 Å². The van der Waals surface area contributed by atoms with E-state index in [0.29, 0.717) is 25.2 Å². The molecule has 1 fully saturated rings. The van der Waals surface area contributed by atoms with Crippen LogP contribution in [0.4, 0.5) is 0 Å². The molecule has 5 heteroatoms. The molecule has 30 heavy (non-hydrogen) atoms. The minimum Gasteiger partial charge on any atom is -0.466 e. The molecule has 0 spiro atoms. The third-order valence-corrected chi connectivity index (χ3v) is 5.21. The van der Waals surface area contributed by atoms with Gasteiger partial charge in [0.25, 0.3) is 0 Å². The molecular formula is C25H25NO4. The smallest absolute Gasteiger partial charge is 0.330 e. The zero-order chi connectivity index (χ0) is 21.3. The lowest BCUT2D eigenvalue weighted by atomic mass is 9.85. The molecule has 2 atom stereocenters. The van der Waals surface area contributed by atoms with Gasteiger partial charge >= 0.3 is 5.97 Å². The number of carbonyl (C=O) groups is 3. The van der Waals surface area contributed by atoms with Gasteiger partial charge in [-0.2, -0.15) is 0 Å². The molecule has 0 aliphatic carbocycles. The quantitative estimate of drug-likeness (QED) is 0.292. The number of rotatable bonds is 8. The van der Waals surface area contributed by atoms with E-state index in [1.54, 1.807) is 12.1 Å². The van der Waals surface area contributed by atoms with Gasteiger partial charge in [-0.15, -0.1) is 0 Å². The summed E-state index contributed by atoms with van der Waals surface area (Å²) in [5.41, 5.74) is 1.77.